The fraction of sp³-hybridized carbons (Fsp3) is 0.250. The van der Waals surface area contributed by atoms with Crippen molar-refractivity contribution in [2.75, 3.05) is 7.05 Å². The molecule has 0 atom stereocenters. The fourth-order valence-corrected chi connectivity index (χ4v) is 4.79. The third-order valence-corrected chi connectivity index (χ3v) is 7.09. The summed E-state index contributed by atoms with van der Waals surface area (Å²) < 4.78 is 26.1. The molecule has 0 fully saturated rings. The second kappa shape index (κ2) is 6.10. The summed E-state index contributed by atoms with van der Waals surface area (Å²) in [4.78, 5) is 13.3. The number of hydrogen-bond acceptors (Lipinski definition) is 4. The highest BCUT2D eigenvalue weighted by Gasteiger charge is 2.26. The van der Waals surface area contributed by atoms with Crippen molar-refractivity contribution in [3.05, 3.63) is 49.2 Å². The highest BCUT2D eigenvalue weighted by molar-refractivity contribution is 7.91. The Bertz CT molecular complexity index is 827. The molecule has 5 nitrogen and oxygen atoms in total. The molecule has 0 amide bonds. The van der Waals surface area contributed by atoms with E-state index in [1.165, 1.54) is 7.05 Å². The standard InChI is InChI=1S/C12H12Cl2N2O3S2/c1-7-11(20-12(17)15-7)21(18,19)16(2)6-8-4-3-5-9(13)10(8)14/h3-5H,6H2,1-2H3,(H,15,17). The lowest BCUT2D eigenvalue weighted by Gasteiger charge is -2.17. The minimum Gasteiger partial charge on any atom is -0.315 e. The first-order valence-electron chi connectivity index (χ1n) is 5.82. The van der Waals surface area contributed by atoms with E-state index in [-0.39, 0.29) is 10.8 Å². The normalized spacial score (nSPS) is 12.0. The van der Waals surface area contributed by atoms with Gasteiger partial charge in [0.15, 0.2) is 4.21 Å². The lowest BCUT2D eigenvalue weighted by atomic mass is 10.2. The molecule has 2 rings (SSSR count). The van der Waals surface area contributed by atoms with Crippen LogP contribution >= 0.6 is 34.5 Å². The van der Waals surface area contributed by atoms with E-state index in [4.69, 9.17) is 23.2 Å². The van der Waals surface area contributed by atoms with Crippen molar-refractivity contribution in [1.29, 1.82) is 0 Å². The number of halogens is 2. The molecule has 0 aliphatic carbocycles. The molecule has 1 aromatic heterocycles. The molecule has 1 aromatic carbocycles. The van der Waals surface area contributed by atoms with Gasteiger partial charge in [0.1, 0.15) is 0 Å². The molecule has 21 heavy (non-hydrogen) atoms. The number of aromatic nitrogens is 1. The first kappa shape index (κ1) is 16.5. The maximum Gasteiger partial charge on any atom is 0.305 e. The number of sulfonamides is 1. The van der Waals surface area contributed by atoms with Crippen molar-refractivity contribution < 1.29 is 8.42 Å². The van der Waals surface area contributed by atoms with Crippen LogP contribution in [-0.4, -0.2) is 24.8 Å². The van der Waals surface area contributed by atoms with E-state index in [0.29, 0.717) is 32.6 Å². The summed E-state index contributed by atoms with van der Waals surface area (Å²) in [6.07, 6.45) is 0. The quantitative estimate of drug-likeness (QED) is 0.903. The molecule has 0 aliphatic heterocycles. The van der Waals surface area contributed by atoms with E-state index in [9.17, 15) is 13.2 Å². The third-order valence-electron chi connectivity index (χ3n) is 2.85. The number of rotatable bonds is 4. The van der Waals surface area contributed by atoms with Gasteiger partial charge in [0, 0.05) is 19.3 Å². The van der Waals surface area contributed by atoms with Crippen molar-refractivity contribution in [1.82, 2.24) is 9.29 Å². The summed E-state index contributed by atoms with van der Waals surface area (Å²) in [5.41, 5.74) is 0.921. The fourth-order valence-electron chi connectivity index (χ4n) is 1.77. The van der Waals surface area contributed by atoms with Gasteiger partial charge in [-0.25, -0.2) is 8.42 Å². The van der Waals surface area contributed by atoms with Crippen LogP contribution in [0, 0.1) is 6.92 Å². The smallest absolute Gasteiger partial charge is 0.305 e. The maximum atomic E-state index is 12.5. The van der Waals surface area contributed by atoms with Crippen LogP contribution in [0.25, 0.3) is 0 Å². The number of aryl methyl sites for hydroxylation is 1. The average Bonchev–Trinajstić information content (AvgIpc) is 2.74. The topological polar surface area (TPSA) is 70.2 Å². The number of hydrogen-bond donors (Lipinski definition) is 1. The highest BCUT2D eigenvalue weighted by atomic mass is 35.5. The Labute approximate surface area is 136 Å². The molecule has 2 aromatic rings. The lowest BCUT2D eigenvalue weighted by molar-refractivity contribution is 0.468. The number of benzene rings is 1. The number of nitrogens with one attached hydrogen (secondary N) is 1. The average molecular weight is 367 g/mol. The Hall–Kier alpha value is -0.860. The Morgan fingerprint density at radius 2 is 2.00 bits per heavy atom. The summed E-state index contributed by atoms with van der Waals surface area (Å²) >= 11 is 12.6. The molecule has 1 heterocycles. The Morgan fingerprint density at radius 1 is 1.33 bits per heavy atom. The van der Waals surface area contributed by atoms with Crippen molar-refractivity contribution >= 4 is 44.6 Å². The number of thiazole rings is 1. The Kier molecular flexibility index (Phi) is 4.79. The largest absolute Gasteiger partial charge is 0.315 e. The molecule has 114 valence electrons. The number of aromatic amines is 1. The molecular weight excluding hydrogens is 355 g/mol. The van der Waals surface area contributed by atoms with Gasteiger partial charge in [0.2, 0.25) is 0 Å². The summed E-state index contributed by atoms with van der Waals surface area (Å²) in [5.74, 6) is 0. The van der Waals surface area contributed by atoms with E-state index >= 15 is 0 Å². The van der Waals surface area contributed by atoms with E-state index in [2.05, 4.69) is 4.98 Å². The molecule has 0 bridgehead atoms. The van der Waals surface area contributed by atoms with Gasteiger partial charge in [-0.2, -0.15) is 4.31 Å². The van der Waals surface area contributed by atoms with Crippen LogP contribution in [-0.2, 0) is 16.6 Å². The Balaban J connectivity index is 2.35. The van der Waals surface area contributed by atoms with Crippen LogP contribution in [0.2, 0.25) is 10.0 Å². The van der Waals surface area contributed by atoms with E-state index in [1.807, 2.05) is 0 Å². The van der Waals surface area contributed by atoms with E-state index in [1.54, 1.807) is 25.1 Å². The lowest BCUT2D eigenvalue weighted by Crippen LogP contribution is -2.26. The molecule has 1 N–H and O–H groups in total. The minimum absolute atomic E-state index is 0.00755. The molecular formula is C12H12Cl2N2O3S2. The van der Waals surface area contributed by atoms with Crippen molar-refractivity contribution in [3.63, 3.8) is 0 Å². The van der Waals surface area contributed by atoms with Crippen LogP contribution in [0.15, 0.2) is 27.2 Å². The predicted octanol–water partition coefficient (Wildman–Crippen LogP) is 2.87. The monoisotopic (exact) mass is 366 g/mol. The van der Waals surface area contributed by atoms with Crippen LogP contribution in [0.4, 0.5) is 0 Å². The van der Waals surface area contributed by atoms with Gasteiger partial charge >= 0.3 is 4.87 Å². The third kappa shape index (κ3) is 3.32. The van der Waals surface area contributed by atoms with E-state index < -0.39 is 14.9 Å². The van der Waals surface area contributed by atoms with Gasteiger partial charge in [-0.15, -0.1) is 0 Å². The Morgan fingerprint density at radius 3 is 2.57 bits per heavy atom. The molecule has 0 saturated heterocycles. The predicted molar refractivity (Wildman–Crippen MR) is 84.8 cm³/mol. The van der Waals surface area contributed by atoms with Gasteiger partial charge in [0.25, 0.3) is 10.0 Å². The van der Waals surface area contributed by atoms with Crippen LogP contribution in [0.5, 0.6) is 0 Å². The van der Waals surface area contributed by atoms with Crippen LogP contribution in [0.1, 0.15) is 11.3 Å². The minimum atomic E-state index is -3.76. The van der Waals surface area contributed by atoms with Gasteiger partial charge < -0.3 is 4.98 Å². The summed E-state index contributed by atoms with van der Waals surface area (Å²) in [5, 5.41) is 0.683. The maximum absolute atomic E-state index is 12.5. The molecule has 0 radical (unpaired) electrons. The molecule has 0 aliphatic rings. The number of H-pyrrole nitrogens is 1. The summed E-state index contributed by atoms with van der Waals surface area (Å²) in [6, 6.07) is 5.03. The summed E-state index contributed by atoms with van der Waals surface area (Å²) in [6.45, 7) is 1.61. The number of nitrogens with zero attached hydrogens (tertiary/aromatic N) is 1. The van der Waals surface area contributed by atoms with Crippen molar-refractivity contribution in [2.45, 2.75) is 17.7 Å². The van der Waals surface area contributed by atoms with Gasteiger partial charge in [0.05, 0.1) is 10.0 Å². The van der Waals surface area contributed by atoms with Gasteiger partial charge in [-0.05, 0) is 18.6 Å². The van der Waals surface area contributed by atoms with E-state index in [0.717, 1.165) is 4.31 Å². The molecule has 0 unspecified atom stereocenters. The van der Waals surface area contributed by atoms with Gasteiger partial charge in [-0.3, -0.25) is 4.79 Å². The zero-order valence-corrected chi connectivity index (χ0v) is 14.3. The SMILES string of the molecule is Cc1[nH]c(=O)sc1S(=O)(=O)N(C)Cc1cccc(Cl)c1Cl. The van der Waals surface area contributed by atoms with Crippen molar-refractivity contribution in [3.8, 4) is 0 Å². The molecule has 0 saturated carbocycles. The van der Waals surface area contributed by atoms with Crippen molar-refractivity contribution in [2.24, 2.45) is 0 Å². The van der Waals surface area contributed by atoms with Crippen LogP contribution < -0.4 is 4.87 Å². The molecule has 9 heteroatoms. The van der Waals surface area contributed by atoms with Crippen LogP contribution in [0.3, 0.4) is 0 Å². The first-order chi connectivity index (χ1) is 9.73. The zero-order chi connectivity index (χ0) is 15.8. The second-order valence-corrected chi connectivity index (χ2v) is 8.41. The highest BCUT2D eigenvalue weighted by Crippen LogP contribution is 2.28. The first-order valence-corrected chi connectivity index (χ1v) is 8.83. The zero-order valence-electron chi connectivity index (χ0n) is 11.2. The second-order valence-electron chi connectivity index (χ2n) is 4.40. The molecule has 0 spiro atoms. The van der Waals surface area contributed by atoms with Gasteiger partial charge in [-0.1, -0.05) is 46.7 Å². The summed E-state index contributed by atoms with van der Waals surface area (Å²) in [7, 11) is -2.33.